The second kappa shape index (κ2) is 7.31. The summed E-state index contributed by atoms with van der Waals surface area (Å²) in [5, 5.41) is 2.48. The number of hydrogen-bond acceptors (Lipinski definition) is 2. The fourth-order valence-electron chi connectivity index (χ4n) is 1.94. The van der Waals surface area contributed by atoms with Crippen LogP contribution in [0.25, 0.3) is 0 Å². The molecule has 2 aromatic rings. The minimum Gasteiger partial charge on any atom is -0.324 e. The maximum absolute atomic E-state index is 13.6. The van der Waals surface area contributed by atoms with Gasteiger partial charge in [-0.05, 0) is 36.8 Å². The number of rotatable bonds is 5. The van der Waals surface area contributed by atoms with Gasteiger partial charge in [0.25, 0.3) is 0 Å². The van der Waals surface area contributed by atoms with Crippen LogP contribution in [-0.2, 0) is 4.79 Å². The lowest BCUT2D eigenvalue weighted by Crippen LogP contribution is -2.14. The molecule has 0 unspecified atom stereocenters. The van der Waals surface area contributed by atoms with Gasteiger partial charge in [-0.1, -0.05) is 34.1 Å². The number of hydrogen-bond donors (Lipinski definition) is 1. The minimum atomic E-state index is -0.479. The van der Waals surface area contributed by atoms with Crippen molar-refractivity contribution in [3.8, 4) is 0 Å². The Morgan fingerprint density at radius 2 is 1.77 bits per heavy atom. The third-order valence-electron chi connectivity index (χ3n) is 3.14. The van der Waals surface area contributed by atoms with Gasteiger partial charge in [0, 0.05) is 22.9 Å². The predicted molar refractivity (Wildman–Crippen MR) is 87.5 cm³/mol. The summed E-state index contributed by atoms with van der Waals surface area (Å²) in [7, 11) is 0. The molecule has 5 heteroatoms. The number of amides is 1. The lowest BCUT2D eigenvalue weighted by Gasteiger charge is -2.07. The van der Waals surface area contributed by atoms with Crippen molar-refractivity contribution in [1.29, 1.82) is 0 Å². The third kappa shape index (κ3) is 4.49. The summed E-state index contributed by atoms with van der Waals surface area (Å²) in [4.78, 5) is 23.8. The molecule has 3 nitrogen and oxygen atoms in total. The van der Waals surface area contributed by atoms with Gasteiger partial charge < -0.3 is 5.32 Å². The Morgan fingerprint density at radius 1 is 1.09 bits per heavy atom. The van der Waals surface area contributed by atoms with Crippen LogP contribution in [0, 0.1) is 12.7 Å². The average Bonchev–Trinajstić information content (AvgIpc) is 2.48. The van der Waals surface area contributed by atoms with Crippen molar-refractivity contribution in [3.63, 3.8) is 0 Å². The molecule has 0 aliphatic rings. The summed E-state index contributed by atoms with van der Waals surface area (Å²) >= 11 is 3.29. The molecule has 0 bridgehead atoms. The first kappa shape index (κ1) is 16.4. The molecule has 0 saturated carbocycles. The molecule has 2 aromatic carbocycles. The van der Waals surface area contributed by atoms with Crippen LogP contribution in [0.5, 0.6) is 0 Å². The van der Waals surface area contributed by atoms with Crippen LogP contribution in [0.2, 0.25) is 0 Å². The van der Waals surface area contributed by atoms with Gasteiger partial charge in [0.2, 0.25) is 5.91 Å². The summed E-state index contributed by atoms with van der Waals surface area (Å²) < 4.78 is 14.5. The average molecular weight is 364 g/mol. The minimum absolute atomic E-state index is 0.0161. The van der Waals surface area contributed by atoms with Crippen LogP contribution in [-0.4, -0.2) is 11.7 Å². The highest BCUT2D eigenvalue weighted by molar-refractivity contribution is 9.10. The highest BCUT2D eigenvalue weighted by Gasteiger charge is 2.11. The zero-order valence-electron chi connectivity index (χ0n) is 12.0. The zero-order chi connectivity index (χ0) is 16.1. The molecular formula is C17H15BrFNO2. The first-order chi connectivity index (χ1) is 10.5. The van der Waals surface area contributed by atoms with E-state index in [1.807, 2.05) is 0 Å². The Morgan fingerprint density at radius 3 is 2.41 bits per heavy atom. The largest absolute Gasteiger partial charge is 0.324 e. The quantitative estimate of drug-likeness (QED) is 0.795. The highest BCUT2D eigenvalue weighted by atomic mass is 79.9. The Hall–Kier alpha value is -2.01. The van der Waals surface area contributed by atoms with E-state index in [2.05, 4.69) is 21.2 Å². The van der Waals surface area contributed by atoms with Crippen LogP contribution in [0.1, 0.15) is 28.8 Å². The van der Waals surface area contributed by atoms with Crippen molar-refractivity contribution >= 4 is 33.3 Å². The Balaban J connectivity index is 1.89. The van der Waals surface area contributed by atoms with Crippen molar-refractivity contribution < 1.29 is 14.0 Å². The molecule has 0 aromatic heterocycles. The van der Waals surface area contributed by atoms with Gasteiger partial charge in [-0.25, -0.2) is 4.39 Å². The van der Waals surface area contributed by atoms with E-state index >= 15 is 0 Å². The van der Waals surface area contributed by atoms with Gasteiger partial charge >= 0.3 is 0 Å². The van der Waals surface area contributed by atoms with E-state index in [4.69, 9.17) is 0 Å². The number of nitrogens with one attached hydrogen (secondary N) is 1. The molecule has 1 N–H and O–H groups in total. The molecule has 0 atom stereocenters. The third-order valence-corrected chi connectivity index (χ3v) is 3.67. The monoisotopic (exact) mass is 363 g/mol. The molecule has 1 amide bonds. The molecule has 0 aliphatic heterocycles. The summed E-state index contributed by atoms with van der Waals surface area (Å²) in [6.45, 7) is 1.77. The molecule has 0 heterocycles. The number of halogens is 2. The number of carbonyl (C=O) groups is 2. The van der Waals surface area contributed by atoms with Gasteiger partial charge in [0.15, 0.2) is 5.78 Å². The van der Waals surface area contributed by atoms with E-state index in [0.717, 1.165) is 10.0 Å². The lowest BCUT2D eigenvalue weighted by atomic mass is 10.1. The number of carbonyl (C=O) groups excluding carboxylic acids is 2. The Labute approximate surface area is 136 Å². The van der Waals surface area contributed by atoms with E-state index in [0.29, 0.717) is 5.56 Å². The standard InChI is InChI=1S/C17H15BrFNO2/c1-11-2-7-15(14(19)10-11)20-17(22)9-8-16(21)12-3-5-13(18)6-4-12/h2-7,10H,8-9H2,1H3,(H,20,22). The van der Waals surface area contributed by atoms with E-state index in [1.54, 1.807) is 37.3 Å². The Kier molecular flexibility index (Phi) is 5.44. The molecule has 114 valence electrons. The SMILES string of the molecule is Cc1ccc(NC(=O)CCC(=O)c2ccc(Br)cc2)c(F)c1. The van der Waals surface area contributed by atoms with Gasteiger partial charge in [-0.15, -0.1) is 0 Å². The fraction of sp³-hybridized carbons (Fsp3) is 0.176. The summed E-state index contributed by atoms with van der Waals surface area (Å²) in [6.07, 6.45) is 0.100. The number of aryl methyl sites for hydroxylation is 1. The molecular weight excluding hydrogens is 349 g/mol. The first-order valence-corrected chi connectivity index (χ1v) is 7.60. The normalized spacial score (nSPS) is 10.3. The van der Waals surface area contributed by atoms with E-state index in [9.17, 15) is 14.0 Å². The van der Waals surface area contributed by atoms with Crippen molar-refractivity contribution in [2.75, 3.05) is 5.32 Å². The van der Waals surface area contributed by atoms with Crippen LogP contribution in [0.15, 0.2) is 46.9 Å². The highest BCUT2D eigenvalue weighted by Crippen LogP contribution is 2.16. The van der Waals surface area contributed by atoms with Crippen LogP contribution < -0.4 is 5.32 Å². The number of benzene rings is 2. The van der Waals surface area contributed by atoms with E-state index in [1.165, 1.54) is 12.1 Å². The topological polar surface area (TPSA) is 46.2 Å². The molecule has 2 rings (SSSR count). The smallest absolute Gasteiger partial charge is 0.224 e. The van der Waals surface area contributed by atoms with Gasteiger partial charge in [-0.3, -0.25) is 9.59 Å². The second-order valence-electron chi connectivity index (χ2n) is 4.96. The zero-order valence-corrected chi connectivity index (χ0v) is 13.6. The van der Waals surface area contributed by atoms with Crippen LogP contribution in [0.3, 0.4) is 0 Å². The first-order valence-electron chi connectivity index (χ1n) is 6.80. The van der Waals surface area contributed by atoms with E-state index in [-0.39, 0.29) is 30.2 Å². The summed E-state index contributed by atoms with van der Waals surface area (Å²) in [5.74, 6) is -0.979. The van der Waals surface area contributed by atoms with Gasteiger partial charge in [0.1, 0.15) is 5.82 Å². The van der Waals surface area contributed by atoms with Crippen molar-refractivity contribution in [2.45, 2.75) is 19.8 Å². The maximum atomic E-state index is 13.6. The van der Waals surface area contributed by atoms with Crippen molar-refractivity contribution in [2.24, 2.45) is 0 Å². The van der Waals surface area contributed by atoms with Gasteiger partial charge in [0.05, 0.1) is 5.69 Å². The van der Waals surface area contributed by atoms with Crippen molar-refractivity contribution in [1.82, 2.24) is 0 Å². The fourth-order valence-corrected chi connectivity index (χ4v) is 2.21. The maximum Gasteiger partial charge on any atom is 0.224 e. The molecule has 0 radical (unpaired) electrons. The predicted octanol–water partition coefficient (Wildman–Crippen LogP) is 4.50. The lowest BCUT2D eigenvalue weighted by molar-refractivity contribution is -0.116. The van der Waals surface area contributed by atoms with Crippen molar-refractivity contribution in [3.05, 3.63) is 63.9 Å². The van der Waals surface area contributed by atoms with Crippen LogP contribution >= 0.6 is 15.9 Å². The van der Waals surface area contributed by atoms with Gasteiger partial charge in [-0.2, -0.15) is 0 Å². The summed E-state index contributed by atoms with van der Waals surface area (Å²) in [5.41, 5.74) is 1.46. The van der Waals surface area contributed by atoms with Crippen LogP contribution in [0.4, 0.5) is 10.1 Å². The summed E-state index contributed by atoms with van der Waals surface area (Å²) in [6, 6.07) is 11.5. The molecule has 0 spiro atoms. The molecule has 0 aliphatic carbocycles. The second-order valence-corrected chi connectivity index (χ2v) is 5.88. The Bertz CT molecular complexity index is 698. The number of Topliss-reactive ketones (excluding diaryl/α,β-unsaturated/α-hetero) is 1. The molecule has 22 heavy (non-hydrogen) atoms. The number of ketones is 1. The molecule has 0 saturated heterocycles. The molecule has 0 fully saturated rings. The van der Waals surface area contributed by atoms with E-state index < -0.39 is 5.82 Å². The number of anilines is 1.